The number of rotatable bonds is 2. The van der Waals surface area contributed by atoms with Gasteiger partial charge in [-0.15, -0.1) is 0 Å². The maximum Gasteiger partial charge on any atom is 0.316 e. The van der Waals surface area contributed by atoms with E-state index in [1.54, 1.807) is 6.07 Å². The number of nitrogens with zero attached hydrogens (tertiary/aromatic N) is 2. The van der Waals surface area contributed by atoms with Crippen LogP contribution in [0.5, 0.6) is 0 Å². The lowest BCUT2D eigenvalue weighted by Crippen LogP contribution is -2.41. The van der Waals surface area contributed by atoms with E-state index in [1.165, 1.54) is 31.3 Å². The van der Waals surface area contributed by atoms with Crippen LogP contribution in [0.25, 0.3) is 0 Å². The van der Waals surface area contributed by atoms with Crippen LogP contribution >= 0.6 is 0 Å². The standard InChI is InChI=1S/C11H10FN3O2/c1-15(9-4-2-8(12)3-5-9)11(17)10(16)14-7-6-13/h2-5H,7H2,1H3,(H,14,16). The van der Waals surface area contributed by atoms with E-state index >= 15 is 0 Å². The van der Waals surface area contributed by atoms with Crippen molar-refractivity contribution in [3.63, 3.8) is 0 Å². The van der Waals surface area contributed by atoms with E-state index in [-0.39, 0.29) is 6.54 Å². The smallest absolute Gasteiger partial charge is 0.316 e. The van der Waals surface area contributed by atoms with Crippen LogP contribution in [-0.2, 0) is 9.59 Å². The van der Waals surface area contributed by atoms with E-state index in [0.29, 0.717) is 5.69 Å². The molecular formula is C11H10FN3O2. The molecule has 1 rings (SSSR count). The first-order chi connectivity index (χ1) is 8.06. The molecule has 5 nitrogen and oxygen atoms in total. The lowest BCUT2D eigenvalue weighted by molar-refractivity contribution is -0.137. The molecular weight excluding hydrogens is 225 g/mol. The van der Waals surface area contributed by atoms with Gasteiger partial charge in [0.2, 0.25) is 0 Å². The number of anilines is 1. The summed E-state index contributed by atoms with van der Waals surface area (Å²) in [6, 6.07) is 6.82. The minimum Gasteiger partial charge on any atom is -0.335 e. The van der Waals surface area contributed by atoms with Gasteiger partial charge in [0, 0.05) is 12.7 Å². The molecule has 0 aliphatic carbocycles. The second-order valence-electron chi connectivity index (χ2n) is 3.18. The van der Waals surface area contributed by atoms with Gasteiger partial charge in [0.1, 0.15) is 12.4 Å². The summed E-state index contributed by atoms with van der Waals surface area (Å²) < 4.78 is 12.7. The number of carbonyl (C=O) groups excluding carboxylic acids is 2. The van der Waals surface area contributed by atoms with Crippen LogP contribution in [-0.4, -0.2) is 25.4 Å². The maximum absolute atomic E-state index is 12.7. The molecule has 0 spiro atoms. The van der Waals surface area contributed by atoms with Crippen LogP contribution in [0.1, 0.15) is 0 Å². The van der Waals surface area contributed by atoms with Crippen molar-refractivity contribution in [3.8, 4) is 6.07 Å². The molecule has 0 aromatic heterocycles. The third-order valence-electron chi connectivity index (χ3n) is 2.04. The molecule has 0 bridgehead atoms. The van der Waals surface area contributed by atoms with Crippen LogP contribution in [0.3, 0.4) is 0 Å². The Morgan fingerprint density at radius 1 is 1.41 bits per heavy atom. The molecule has 0 atom stereocenters. The molecule has 0 fully saturated rings. The zero-order chi connectivity index (χ0) is 12.8. The Morgan fingerprint density at radius 3 is 2.53 bits per heavy atom. The average Bonchev–Trinajstić information content (AvgIpc) is 2.35. The van der Waals surface area contributed by atoms with Crippen LogP contribution < -0.4 is 10.2 Å². The van der Waals surface area contributed by atoms with Crippen LogP contribution in [0.15, 0.2) is 24.3 Å². The second-order valence-corrected chi connectivity index (χ2v) is 3.18. The highest BCUT2D eigenvalue weighted by molar-refractivity contribution is 6.40. The largest absolute Gasteiger partial charge is 0.335 e. The maximum atomic E-state index is 12.7. The van der Waals surface area contributed by atoms with E-state index in [2.05, 4.69) is 5.32 Å². The normalized spacial score (nSPS) is 9.24. The number of amides is 2. The summed E-state index contributed by atoms with van der Waals surface area (Å²) in [6.45, 7) is -0.234. The first-order valence-corrected chi connectivity index (χ1v) is 4.74. The number of hydrogen-bond donors (Lipinski definition) is 1. The molecule has 0 aliphatic heterocycles. The number of halogens is 1. The molecule has 17 heavy (non-hydrogen) atoms. The topological polar surface area (TPSA) is 73.2 Å². The van der Waals surface area contributed by atoms with Gasteiger partial charge >= 0.3 is 11.8 Å². The molecule has 1 aromatic carbocycles. The number of hydrogen-bond acceptors (Lipinski definition) is 3. The summed E-state index contributed by atoms with van der Waals surface area (Å²) in [5.74, 6) is -2.12. The molecule has 0 saturated heterocycles. The summed E-state index contributed by atoms with van der Waals surface area (Å²) in [6.07, 6.45) is 0. The van der Waals surface area contributed by atoms with Gasteiger partial charge < -0.3 is 10.2 Å². The third kappa shape index (κ3) is 3.28. The highest BCUT2D eigenvalue weighted by atomic mass is 19.1. The lowest BCUT2D eigenvalue weighted by Gasteiger charge is -2.16. The predicted molar refractivity (Wildman–Crippen MR) is 58.4 cm³/mol. The lowest BCUT2D eigenvalue weighted by atomic mass is 10.3. The highest BCUT2D eigenvalue weighted by Crippen LogP contribution is 2.12. The molecule has 0 unspecified atom stereocenters. The fraction of sp³-hybridized carbons (Fsp3) is 0.182. The zero-order valence-corrected chi connectivity index (χ0v) is 9.11. The summed E-state index contributed by atoms with van der Waals surface area (Å²) in [5.41, 5.74) is 0.392. The SMILES string of the molecule is CN(C(=O)C(=O)NCC#N)c1ccc(F)cc1. The monoisotopic (exact) mass is 235 g/mol. The van der Waals surface area contributed by atoms with Crippen LogP contribution in [0, 0.1) is 17.1 Å². The van der Waals surface area contributed by atoms with Crippen molar-refractivity contribution in [2.75, 3.05) is 18.5 Å². The molecule has 1 aromatic rings. The fourth-order valence-corrected chi connectivity index (χ4v) is 1.13. The van der Waals surface area contributed by atoms with E-state index in [4.69, 9.17) is 5.26 Å². The first kappa shape index (κ1) is 12.6. The van der Waals surface area contributed by atoms with Crippen molar-refractivity contribution < 1.29 is 14.0 Å². The van der Waals surface area contributed by atoms with Gasteiger partial charge in [-0.25, -0.2) is 4.39 Å². The molecule has 2 amide bonds. The molecule has 1 N–H and O–H groups in total. The van der Waals surface area contributed by atoms with Crippen molar-refractivity contribution in [1.82, 2.24) is 5.32 Å². The Hall–Kier alpha value is -2.42. The Morgan fingerprint density at radius 2 is 2.00 bits per heavy atom. The van der Waals surface area contributed by atoms with Crippen molar-refractivity contribution in [2.45, 2.75) is 0 Å². The molecule has 0 saturated carbocycles. The van der Waals surface area contributed by atoms with Crippen molar-refractivity contribution in [3.05, 3.63) is 30.1 Å². The number of nitrogens with one attached hydrogen (secondary N) is 1. The summed E-state index contributed by atoms with van der Waals surface area (Å²) in [5, 5.41) is 10.4. The zero-order valence-electron chi connectivity index (χ0n) is 9.11. The van der Waals surface area contributed by atoms with Gasteiger partial charge in [-0.05, 0) is 24.3 Å². The van der Waals surface area contributed by atoms with Gasteiger partial charge in [-0.2, -0.15) is 5.26 Å². The van der Waals surface area contributed by atoms with E-state index < -0.39 is 17.6 Å². The average molecular weight is 235 g/mol. The minimum absolute atomic E-state index is 0.234. The predicted octanol–water partition coefficient (Wildman–Crippen LogP) is 0.428. The summed E-state index contributed by atoms with van der Waals surface area (Å²) in [7, 11) is 1.39. The van der Waals surface area contributed by atoms with Gasteiger partial charge in [-0.3, -0.25) is 9.59 Å². The Balaban J connectivity index is 2.73. The Kier molecular flexibility index (Phi) is 4.17. The van der Waals surface area contributed by atoms with Gasteiger partial charge in [-0.1, -0.05) is 0 Å². The minimum atomic E-state index is -0.877. The molecule has 0 heterocycles. The Labute approximate surface area is 97.4 Å². The van der Waals surface area contributed by atoms with Gasteiger partial charge in [0.05, 0.1) is 6.07 Å². The van der Waals surface area contributed by atoms with Crippen molar-refractivity contribution in [2.24, 2.45) is 0 Å². The van der Waals surface area contributed by atoms with E-state index in [9.17, 15) is 14.0 Å². The van der Waals surface area contributed by atoms with E-state index in [0.717, 1.165) is 4.90 Å². The molecule has 88 valence electrons. The van der Waals surface area contributed by atoms with Gasteiger partial charge in [0.25, 0.3) is 0 Å². The van der Waals surface area contributed by atoms with Crippen LogP contribution in [0.2, 0.25) is 0 Å². The number of benzene rings is 1. The molecule has 0 radical (unpaired) electrons. The first-order valence-electron chi connectivity index (χ1n) is 4.74. The Bertz CT molecular complexity index is 465. The second kappa shape index (κ2) is 5.61. The van der Waals surface area contributed by atoms with Gasteiger partial charge in [0.15, 0.2) is 0 Å². The highest BCUT2D eigenvalue weighted by Gasteiger charge is 2.19. The van der Waals surface area contributed by atoms with Crippen molar-refractivity contribution in [1.29, 1.82) is 5.26 Å². The fourth-order valence-electron chi connectivity index (χ4n) is 1.13. The number of carbonyl (C=O) groups is 2. The van der Waals surface area contributed by atoms with E-state index in [1.807, 2.05) is 0 Å². The van der Waals surface area contributed by atoms with Crippen molar-refractivity contribution >= 4 is 17.5 Å². The molecule has 6 heteroatoms. The number of likely N-dealkylation sites (N-methyl/N-ethyl adjacent to an activating group) is 1. The summed E-state index contributed by atoms with van der Waals surface area (Å²) in [4.78, 5) is 23.9. The number of nitriles is 1. The molecule has 0 aliphatic rings. The van der Waals surface area contributed by atoms with Crippen LogP contribution in [0.4, 0.5) is 10.1 Å². The quantitative estimate of drug-likeness (QED) is 0.596. The summed E-state index contributed by atoms with van der Waals surface area (Å²) >= 11 is 0. The third-order valence-corrected chi connectivity index (χ3v) is 2.04.